The number of amides is 2. The lowest BCUT2D eigenvalue weighted by Crippen LogP contribution is -2.48. The molecule has 0 radical (unpaired) electrons. The molecule has 0 saturated heterocycles. The number of benzene rings is 1. The predicted molar refractivity (Wildman–Crippen MR) is 101 cm³/mol. The van der Waals surface area contributed by atoms with Crippen LogP contribution in [0.1, 0.15) is 56.2 Å². The fourth-order valence-electron chi connectivity index (χ4n) is 4.13. The van der Waals surface area contributed by atoms with E-state index in [0.717, 1.165) is 36.8 Å². The number of hydrogen-bond acceptors (Lipinski definition) is 4. The molecule has 1 aliphatic heterocycles. The van der Waals surface area contributed by atoms with Crippen LogP contribution in [0.25, 0.3) is 0 Å². The molecule has 1 aliphatic carbocycles. The molecule has 1 N–H and O–H groups in total. The number of carbonyl (C=O) groups is 3. The Kier molecular flexibility index (Phi) is 6.48. The van der Waals surface area contributed by atoms with Crippen LogP contribution in [0.4, 0.5) is 0 Å². The van der Waals surface area contributed by atoms with Crippen LogP contribution in [0.2, 0.25) is 0 Å². The van der Waals surface area contributed by atoms with E-state index in [2.05, 4.69) is 5.32 Å². The lowest BCUT2D eigenvalue weighted by atomic mass is 9.88. The number of carbonyl (C=O) groups excluding carboxylic acids is 3. The second kappa shape index (κ2) is 9.02. The average molecular weight is 372 g/mol. The van der Waals surface area contributed by atoms with Gasteiger partial charge in [-0.25, -0.2) is 4.79 Å². The lowest BCUT2D eigenvalue weighted by Gasteiger charge is -2.37. The zero-order chi connectivity index (χ0) is 19.2. The van der Waals surface area contributed by atoms with Crippen LogP contribution in [-0.2, 0) is 25.5 Å². The van der Waals surface area contributed by atoms with E-state index in [1.165, 1.54) is 6.42 Å². The molecule has 146 valence electrons. The molecule has 0 bridgehead atoms. The van der Waals surface area contributed by atoms with Crippen LogP contribution in [0, 0.1) is 5.92 Å². The van der Waals surface area contributed by atoms with Crippen molar-refractivity contribution >= 4 is 17.8 Å². The van der Waals surface area contributed by atoms with Crippen LogP contribution < -0.4 is 5.32 Å². The molecule has 6 nitrogen and oxygen atoms in total. The second-order valence-electron chi connectivity index (χ2n) is 7.26. The Bertz CT molecular complexity index is 697. The first-order chi connectivity index (χ1) is 13.1. The SMILES string of the molecule is CCOC(=O)C(=O)N1CCc2ccccc2[C@H]1CNC(=O)C1CCCCC1. The van der Waals surface area contributed by atoms with E-state index in [-0.39, 0.29) is 24.5 Å². The summed E-state index contributed by atoms with van der Waals surface area (Å²) in [6.45, 7) is 2.60. The summed E-state index contributed by atoms with van der Waals surface area (Å²) in [6.07, 6.45) is 5.93. The summed E-state index contributed by atoms with van der Waals surface area (Å²) in [5, 5.41) is 3.03. The van der Waals surface area contributed by atoms with Gasteiger partial charge in [0.2, 0.25) is 5.91 Å². The highest BCUT2D eigenvalue weighted by Crippen LogP contribution is 2.30. The highest BCUT2D eigenvalue weighted by molar-refractivity contribution is 6.32. The van der Waals surface area contributed by atoms with Crippen molar-refractivity contribution in [3.8, 4) is 0 Å². The third-order valence-corrected chi connectivity index (χ3v) is 5.57. The summed E-state index contributed by atoms with van der Waals surface area (Å²) in [4.78, 5) is 38.7. The molecular weight excluding hydrogens is 344 g/mol. The third-order valence-electron chi connectivity index (χ3n) is 5.57. The quantitative estimate of drug-likeness (QED) is 0.650. The predicted octanol–water partition coefficient (Wildman–Crippen LogP) is 2.37. The number of hydrogen-bond donors (Lipinski definition) is 1. The number of ether oxygens (including phenoxy) is 1. The van der Waals surface area contributed by atoms with Crippen LogP contribution in [0.15, 0.2) is 24.3 Å². The monoisotopic (exact) mass is 372 g/mol. The van der Waals surface area contributed by atoms with Crippen molar-refractivity contribution in [2.24, 2.45) is 5.92 Å². The van der Waals surface area contributed by atoms with Gasteiger partial charge in [-0.05, 0) is 37.3 Å². The molecule has 1 saturated carbocycles. The zero-order valence-electron chi connectivity index (χ0n) is 15.9. The Labute approximate surface area is 160 Å². The van der Waals surface area contributed by atoms with E-state index in [1.54, 1.807) is 11.8 Å². The maximum atomic E-state index is 12.6. The standard InChI is InChI=1S/C21H28N2O4/c1-2-27-21(26)20(25)23-13-12-15-8-6-7-11-17(15)18(23)14-22-19(24)16-9-4-3-5-10-16/h6-8,11,16,18H,2-5,9-10,12-14H2,1H3,(H,22,24)/t18-/m1/s1. The second-order valence-corrected chi connectivity index (χ2v) is 7.26. The number of esters is 1. The van der Waals surface area contributed by atoms with E-state index in [4.69, 9.17) is 4.74 Å². The van der Waals surface area contributed by atoms with Crippen LogP contribution in [0.3, 0.4) is 0 Å². The maximum absolute atomic E-state index is 12.6. The molecule has 0 aromatic heterocycles. The summed E-state index contributed by atoms with van der Waals surface area (Å²) < 4.78 is 4.90. The van der Waals surface area contributed by atoms with Gasteiger partial charge in [-0.1, -0.05) is 43.5 Å². The Morgan fingerprint density at radius 2 is 1.89 bits per heavy atom. The Balaban J connectivity index is 1.74. The van der Waals surface area contributed by atoms with Gasteiger partial charge in [0.05, 0.1) is 12.6 Å². The van der Waals surface area contributed by atoms with Crippen molar-refractivity contribution < 1.29 is 19.1 Å². The number of rotatable bonds is 4. The van der Waals surface area contributed by atoms with Gasteiger partial charge in [0.25, 0.3) is 0 Å². The van der Waals surface area contributed by atoms with Gasteiger partial charge in [-0.15, -0.1) is 0 Å². The van der Waals surface area contributed by atoms with E-state index in [1.807, 2.05) is 24.3 Å². The molecule has 1 atom stereocenters. The van der Waals surface area contributed by atoms with Gasteiger partial charge >= 0.3 is 11.9 Å². The first kappa shape index (κ1) is 19.4. The van der Waals surface area contributed by atoms with E-state index < -0.39 is 11.9 Å². The maximum Gasteiger partial charge on any atom is 0.397 e. The minimum atomic E-state index is -0.833. The minimum absolute atomic E-state index is 0.0567. The zero-order valence-corrected chi connectivity index (χ0v) is 15.9. The van der Waals surface area contributed by atoms with Crippen molar-refractivity contribution in [3.63, 3.8) is 0 Å². The first-order valence-electron chi connectivity index (χ1n) is 9.95. The molecule has 1 aromatic rings. The topological polar surface area (TPSA) is 75.7 Å². The third kappa shape index (κ3) is 4.49. The average Bonchev–Trinajstić information content (AvgIpc) is 2.72. The first-order valence-corrected chi connectivity index (χ1v) is 9.95. The van der Waals surface area contributed by atoms with Gasteiger partial charge in [0, 0.05) is 19.0 Å². The summed E-state index contributed by atoms with van der Waals surface area (Å²) in [5.74, 6) is -1.35. The minimum Gasteiger partial charge on any atom is -0.459 e. The van der Waals surface area contributed by atoms with Gasteiger partial charge in [-0.3, -0.25) is 9.59 Å². The molecule has 1 heterocycles. The fourth-order valence-corrected chi connectivity index (χ4v) is 4.13. The number of nitrogens with one attached hydrogen (secondary N) is 1. The van der Waals surface area contributed by atoms with Gasteiger partial charge in [-0.2, -0.15) is 0 Å². The van der Waals surface area contributed by atoms with Gasteiger partial charge in [0.15, 0.2) is 0 Å². The van der Waals surface area contributed by atoms with Crippen LogP contribution in [-0.4, -0.2) is 42.4 Å². The Morgan fingerprint density at radius 1 is 1.15 bits per heavy atom. The van der Waals surface area contributed by atoms with E-state index >= 15 is 0 Å². The van der Waals surface area contributed by atoms with Gasteiger partial charge in [0.1, 0.15) is 0 Å². The Morgan fingerprint density at radius 3 is 2.63 bits per heavy atom. The smallest absolute Gasteiger partial charge is 0.397 e. The highest BCUT2D eigenvalue weighted by Gasteiger charge is 2.35. The molecule has 2 amide bonds. The molecule has 6 heteroatoms. The summed E-state index contributed by atoms with van der Waals surface area (Å²) in [5.41, 5.74) is 2.15. The van der Waals surface area contributed by atoms with Crippen molar-refractivity contribution in [2.75, 3.05) is 19.7 Å². The Hall–Kier alpha value is -2.37. The number of nitrogens with zero attached hydrogens (tertiary/aromatic N) is 1. The molecule has 3 rings (SSSR count). The summed E-state index contributed by atoms with van der Waals surface area (Å²) in [7, 11) is 0. The lowest BCUT2D eigenvalue weighted by molar-refractivity contribution is -0.161. The molecular formula is C21H28N2O4. The van der Waals surface area contributed by atoms with Crippen LogP contribution in [0.5, 0.6) is 0 Å². The normalized spacial score (nSPS) is 19.9. The molecule has 0 unspecified atom stereocenters. The summed E-state index contributed by atoms with van der Waals surface area (Å²) in [6, 6.07) is 7.56. The van der Waals surface area contributed by atoms with E-state index in [0.29, 0.717) is 19.5 Å². The van der Waals surface area contributed by atoms with E-state index in [9.17, 15) is 14.4 Å². The number of fused-ring (bicyclic) bond motifs is 1. The molecule has 2 aliphatic rings. The van der Waals surface area contributed by atoms with Gasteiger partial charge < -0.3 is 15.0 Å². The molecule has 1 fully saturated rings. The van der Waals surface area contributed by atoms with Crippen LogP contribution >= 0.6 is 0 Å². The fraction of sp³-hybridized carbons (Fsp3) is 0.571. The molecule has 0 spiro atoms. The largest absolute Gasteiger partial charge is 0.459 e. The van der Waals surface area contributed by atoms with Crippen molar-refractivity contribution in [3.05, 3.63) is 35.4 Å². The van der Waals surface area contributed by atoms with Crippen molar-refractivity contribution in [1.82, 2.24) is 10.2 Å². The summed E-state index contributed by atoms with van der Waals surface area (Å²) >= 11 is 0. The van der Waals surface area contributed by atoms with Crippen molar-refractivity contribution in [2.45, 2.75) is 51.5 Å². The molecule has 27 heavy (non-hydrogen) atoms. The highest BCUT2D eigenvalue weighted by atomic mass is 16.5. The van der Waals surface area contributed by atoms with Crippen molar-refractivity contribution in [1.29, 1.82) is 0 Å². The molecule has 1 aromatic carbocycles.